The number of aliphatic hydroxyl groups is 1. The SMILES string of the molecule is Cc1ccc(OCC(O)CN2CCc3sccc3C2c2cccs2)cc1. The van der Waals surface area contributed by atoms with Crippen molar-refractivity contribution in [3.63, 3.8) is 0 Å². The highest BCUT2D eigenvalue weighted by atomic mass is 32.1. The van der Waals surface area contributed by atoms with Crippen LogP contribution in [0.2, 0.25) is 0 Å². The molecule has 26 heavy (non-hydrogen) atoms. The molecule has 4 rings (SSSR count). The minimum atomic E-state index is -0.515. The summed E-state index contributed by atoms with van der Waals surface area (Å²) < 4.78 is 5.77. The van der Waals surface area contributed by atoms with E-state index in [4.69, 9.17) is 4.74 Å². The molecule has 1 aromatic carbocycles. The lowest BCUT2D eigenvalue weighted by Crippen LogP contribution is -2.41. The Morgan fingerprint density at radius 1 is 1.15 bits per heavy atom. The predicted molar refractivity (Wildman–Crippen MR) is 108 cm³/mol. The van der Waals surface area contributed by atoms with Gasteiger partial charge in [-0.25, -0.2) is 0 Å². The third kappa shape index (κ3) is 3.86. The highest BCUT2D eigenvalue weighted by Crippen LogP contribution is 2.39. The van der Waals surface area contributed by atoms with Crippen molar-refractivity contribution in [3.05, 3.63) is 74.1 Å². The Hall–Kier alpha value is -1.66. The molecule has 0 saturated heterocycles. The van der Waals surface area contributed by atoms with Gasteiger partial charge in [-0.2, -0.15) is 0 Å². The number of rotatable bonds is 6. The van der Waals surface area contributed by atoms with Crippen molar-refractivity contribution >= 4 is 22.7 Å². The van der Waals surface area contributed by atoms with E-state index in [2.05, 4.69) is 40.8 Å². The van der Waals surface area contributed by atoms with Crippen LogP contribution < -0.4 is 4.74 Å². The number of β-amino-alcohol motifs (C(OH)–C–C–N with tert-alkyl or cyclic N) is 1. The third-order valence-electron chi connectivity index (χ3n) is 4.79. The predicted octanol–water partition coefficient (Wildman–Crippen LogP) is 4.51. The van der Waals surface area contributed by atoms with Gasteiger partial charge in [-0.1, -0.05) is 23.8 Å². The minimum absolute atomic E-state index is 0.249. The van der Waals surface area contributed by atoms with Crippen molar-refractivity contribution in [2.24, 2.45) is 0 Å². The van der Waals surface area contributed by atoms with E-state index in [1.807, 2.05) is 35.6 Å². The Kier molecular flexibility index (Phi) is 5.41. The summed E-state index contributed by atoms with van der Waals surface area (Å²) in [6.45, 7) is 3.95. The van der Waals surface area contributed by atoms with Crippen molar-refractivity contribution in [3.8, 4) is 5.75 Å². The maximum atomic E-state index is 10.6. The molecule has 0 fully saturated rings. The lowest BCUT2D eigenvalue weighted by atomic mass is 9.98. The molecular formula is C21H23NO2S2. The molecule has 0 bridgehead atoms. The molecule has 1 aliphatic rings. The van der Waals surface area contributed by atoms with Crippen LogP contribution in [-0.2, 0) is 6.42 Å². The highest BCUT2D eigenvalue weighted by Gasteiger charge is 2.31. The second kappa shape index (κ2) is 7.92. The number of fused-ring (bicyclic) bond motifs is 1. The quantitative estimate of drug-likeness (QED) is 0.678. The van der Waals surface area contributed by atoms with Gasteiger partial charge in [-0.05, 0) is 53.9 Å². The number of ether oxygens (including phenoxy) is 1. The maximum Gasteiger partial charge on any atom is 0.119 e. The van der Waals surface area contributed by atoms with Gasteiger partial charge in [0.25, 0.3) is 0 Å². The van der Waals surface area contributed by atoms with Gasteiger partial charge in [0.15, 0.2) is 0 Å². The molecule has 0 spiro atoms. The van der Waals surface area contributed by atoms with E-state index in [1.54, 1.807) is 11.3 Å². The molecule has 0 saturated carbocycles. The first kappa shape index (κ1) is 17.7. The van der Waals surface area contributed by atoms with Crippen molar-refractivity contribution in [1.29, 1.82) is 0 Å². The first-order valence-corrected chi connectivity index (χ1v) is 10.7. The molecule has 2 aromatic heterocycles. The minimum Gasteiger partial charge on any atom is -0.491 e. The van der Waals surface area contributed by atoms with Gasteiger partial charge in [-0.3, -0.25) is 4.90 Å². The van der Waals surface area contributed by atoms with E-state index in [-0.39, 0.29) is 6.04 Å². The van der Waals surface area contributed by atoms with E-state index >= 15 is 0 Å². The number of thiophene rings is 2. The van der Waals surface area contributed by atoms with Gasteiger partial charge in [0.05, 0.1) is 6.04 Å². The van der Waals surface area contributed by atoms with E-state index in [9.17, 15) is 5.11 Å². The van der Waals surface area contributed by atoms with Crippen molar-refractivity contribution in [2.45, 2.75) is 25.5 Å². The molecule has 1 aliphatic heterocycles. The fraction of sp³-hybridized carbons (Fsp3) is 0.333. The Balaban J connectivity index is 1.43. The van der Waals surface area contributed by atoms with Crippen molar-refractivity contribution in [1.82, 2.24) is 4.90 Å². The van der Waals surface area contributed by atoms with Gasteiger partial charge in [0, 0.05) is 22.8 Å². The standard InChI is InChI=1S/C21H23NO2S2/c1-15-4-6-17(7-5-15)24-14-16(23)13-22-10-8-19-18(9-12-26-19)21(22)20-3-2-11-25-20/h2-7,9,11-12,16,21,23H,8,10,13-14H2,1H3. The number of hydrogen-bond donors (Lipinski definition) is 1. The Morgan fingerprint density at radius 2 is 2.00 bits per heavy atom. The molecule has 1 N–H and O–H groups in total. The molecule has 136 valence electrons. The summed E-state index contributed by atoms with van der Waals surface area (Å²) >= 11 is 3.64. The van der Waals surface area contributed by atoms with Crippen LogP contribution in [0.4, 0.5) is 0 Å². The highest BCUT2D eigenvalue weighted by molar-refractivity contribution is 7.10. The number of aryl methyl sites for hydroxylation is 1. The molecular weight excluding hydrogens is 362 g/mol. The summed E-state index contributed by atoms with van der Waals surface area (Å²) in [5.74, 6) is 0.809. The summed E-state index contributed by atoms with van der Waals surface area (Å²) in [6.07, 6.45) is 0.541. The molecule has 5 heteroatoms. The first-order chi connectivity index (χ1) is 12.7. The zero-order chi connectivity index (χ0) is 17.9. The van der Waals surface area contributed by atoms with Gasteiger partial charge in [-0.15, -0.1) is 22.7 Å². The lowest BCUT2D eigenvalue weighted by molar-refractivity contribution is 0.0562. The summed E-state index contributed by atoms with van der Waals surface area (Å²) in [5, 5.41) is 14.9. The second-order valence-electron chi connectivity index (χ2n) is 6.74. The van der Waals surface area contributed by atoms with Crippen LogP contribution in [0, 0.1) is 6.92 Å². The summed E-state index contributed by atoms with van der Waals surface area (Å²) in [6, 6.07) is 14.8. The van der Waals surface area contributed by atoms with Crippen LogP contribution in [0.5, 0.6) is 5.75 Å². The molecule has 3 nitrogen and oxygen atoms in total. The van der Waals surface area contributed by atoms with Gasteiger partial charge >= 0.3 is 0 Å². The van der Waals surface area contributed by atoms with E-state index in [0.717, 1.165) is 18.7 Å². The average molecular weight is 386 g/mol. The number of benzene rings is 1. The number of hydrogen-bond acceptors (Lipinski definition) is 5. The van der Waals surface area contributed by atoms with Crippen molar-refractivity contribution < 1.29 is 9.84 Å². The van der Waals surface area contributed by atoms with Crippen LogP contribution in [0.25, 0.3) is 0 Å². The molecule has 2 atom stereocenters. The van der Waals surface area contributed by atoms with Crippen LogP contribution in [-0.4, -0.2) is 35.8 Å². The molecule has 3 aromatic rings. The number of nitrogens with zero attached hydrogens (tertiary/aromatic N) is 1. The Morgan fingerprint density at radius 3 is 2.77 bits per heavy atom. The largest absolute Gasteiger partial charge is 0.491 e. The normalized spacial score (nSPS) is 18.5. The van der Waals surface area contributed by atoms with E-state index in [1.165, 1.54) is 20.9 Å². The third-order valence-corrected chi connectivity index (χ3v) is 6.71. The van der Waals surface area contributed by atoms with Crippen LogP contribution in [0.1, 0.15) is 26.9 Å². The summed E-state index contributed by atoms with van der Waals surface area (Å²) in [4.78, 5) is 5.21. The van der Waals surface area contributed by atoms with Crippen molar-refractivity contribution in [2.75, 3.05) is 19.7 Å². The maximum absolute atomic E-state index is 10.6. The van der Waals surface area contributed by atoms with Gasteiger partial charge < -0.3 is 9.84 Å². The average Bonchev–Trinajstić information content (AvgIpc) is 3.33. The van der Waals surface area contributed by atoms with Crippen LogP contribution in [0.3, 0.4) is 0 Å². The smallest absolute Gasteiger partial charge is 0.119 e. The van der Waals surface area contributed by atoms with E-state index in [0.29, 0.717) is 13.2 Å². The molecule has 0 amide bonds. The molecule has 3 heterocycles. The Labute approximate surface area is 162 Å². The van der Waals surface area contributed by atoms with Crippen LogP contribution in [0.15, 0.2) is 53.2 Å². The van der Waals surface area contributed by atoms with Gasteiger partial charge in [0.2, 0.25) is 0 Å². The zero-order valence-electron chi connectivity index (χ0n) is 14.8. The Bertz CT molecular complexity index is 826. The molecule has 0 radical (unpaired) electrons. The topological polar surface area (TPSA) is 32.7 Å². The van der Waals surface area contributed by atoms with E-state index < -0.39 is 6.10 Å². The van der Waals surface area contributed by atoms with Gasteiger partial charge in [0.1, 0.15) is 18.5 Å². The molecule has 2 unspecified atom stereocenters. The monoisotopic (exact) mass is 385 g/mol. The first-order valence-electron chi connectivity index (χ1n) is 8.92. The lowest BCUT2D eigenvalue weighted by Gasteiger charge is -2.36. The fourth-order valence-electron chi connectivity index (χ4n) is 3.50. The second-order valence-corrected chi connectivity index (χ2v) is 8.72. The zero-order valence-corrected chi connectivity index (χ0v) is 16.4. The summed E-state index contributed by atoms with van der Waals surface area (Å²) in [7, 11) is 0. The van der Waals surface area contributed by atoms with Crippen LogP contribution >= 0.6 is 22.7 Å². The molecule has 0 aliphatic carbocycles. The summed E-state index contributed by atoms with van der Waals surface area (Å²) in [5.41, 5.74) is 2.60. The number of aliphatic hydroxyl groups excluding tert-OH is 1. The fourth-order valence-corrected chi connectivity index (χ4v) is 5.28.